The minimum Gasteiger partial charge on any atom is -0.491 e. The van der Waals surface area contributed by atoms with E-state index < -0.39 is 0 Å². The maximum atomic E-state index is 13.1. The van der Waals surface area contributed by atoms with Gasteiger partial charge in [0.15, 0.2) is 0 Å². The smallest absolute Gasteiger partial charge is 0.259 e. The summed E-state index contributed by atoms with van der Waals surface area (Å²) >= 11 is 0. The van der Waals surface area contributed by atoms with Gasteiger partial charge in [-0.1, -0.05) is 38.1 Å². The summed E-state index contributed by atoms with van der Waals surface area (Å²) in [6, 6.07) is 18.8. The van der Waals surface area contributed by atoms with Crippen molar-refractivity contribution in [2.24, 2.45) is 5.92 Å². The number of nitrogens with one attached hydrogen (secondary N) is 2. The Kier molecular flexibility index (Phi) is 7.70. The molecule has 1 aliphatic rings. The summed E-state index contributed by atoms with van der Waals surface area (Å²) in [5, 5.41) is 4.54. The Morgan fingerprint density at radius 3 is 2.74 bits per heavy atom. The van der Waals surface area contributed by atoms with Crippen molar-refractivity contribution in [1.82, 2.24) is 14.9 Å². The molecule has 0 bridgehead atoms. The van der Waals surface area contributed by atoms with Gasteiger partial charge < -0.3 is 24.7 Å². The molecule has 2 aromatic heterocycles. The number of carbonyl (C=O) groups excluding carboxylic acids is 1. The van der Waals surface area contributed by atoms with Crippen LogP contribution in [-0.2, 0) is 4.74 Å². The van der Waals surface area contributed by atoms with E-state index in [0.29, 0.717) is 67.0 Å². The number of pyridine rings is 2. The largest absolute Gasteiger partial charge is 0.491 e. The first kappa shape index (κ1) is 25.5. The van der Waals surface area contributed by atoms with Gasteiger partial charge in [-0.2, -0.15) is 0 Å². The number of nitrogens with zero attached hydrogens (tertiary/aromatic N) is 2. The number of benzene rings is 2. The average Bonchev–Trinajstić information content (AvgIpc) is 2.94. The second kappa shape index (κ2) is 11.5. The Morgan fingerprint density at radius 1 is 1.11 bits per heavy atom. The summed E-state index contributed by atoms with van der Waals surface area (Å²) in [7, 11) is 0. The van der Waals surface area contributed by atoms with E-state index in [4.69, 9.17) is 14.5 Å². The first-order valence-electron chi connectivity index (χ1n) is 13.0. The number of hydrogen-bond acceptors (Lipinski definition) is 6. The van der Waals surface area contributed by atoms with Crippen molar-refractivity contribution in [2.45, 2.75) is 20.3 Å². The lowest BCUT2D eigenvalue weighted by molar-refractivity contribution is 0.0303. The Balaban J connectivity index is 1.52. The highest BCUT2D eigenvalue weighted by Gasteiger charge is 2.20. The van der Waals surface area contributed by atoms with E-state index in [-0.39, 0.29) is 11.5 Å². The molecule has 1 amide bonds. The van der Waals surface area contributed by atoms with Gasteiger partial charge in [0.05, 0.1) is 36.6 Å². The minimum absolute atomic E-state index is 0.0294. The maximum absolute atomic E-state index is 13.1. The normalized spacial score (nSPS) is 13.6. The number of aromatic amines is 1. The zero-order valence-corrected chi connectivity index (χ0v) is 21.7. The van der Waals surface area contributed by atoms with Crippen LogP contribution < -0.4 is 15.6 Å². The van der Waals surface area contributed by atoms with Gasteiger partial charge in [0.1, 0.15) is 11.6 Å². The van der Waals surface area contributed by atoms with Crippen molar-refractivity contribution in [3.8, 4) is 17.0 Å². The number of amides is 1. The molecule has 1 fully saturated rings. The Morgan fingerprint density at radius 2 is 1.92 bits per heavy atom. The standard InChI is InChI=1S/C30H32N4O4/c1-20(2)11-15-38-26-9-4-3-8-24(26)32-28-27-22(10-12-31-29(27)35)19-25(33-28)21-6-5-7-23(18-21)30(36)34-13-16-37-17-14-34/h3-10,12,18-20H,11,13-17H2,1-2H3,(H,31,35)(H,32,33). The van der Waals surface area contributed by atoms with E-state index >= 15 is 0 Å². The molecular formula is C30H32N4O4. The highest BCUT2D eigenvalue weighted by Crippen LogP contribution is 2.32. The van der Waals surface area contributed by atoms with Gasteiger partial charge >= 0.3 is 0 Å². The highest BCUT2D eigenvalue weighted by molar-refractivity contribution is 5.97. The molecule has 2 N–H and O–H groups in total. The molecule has 0 unspecified atom stereocenters. The molecule has 4 aromatic rings. The second-order valence-corrected chi connectivity index (χ2v) is 9.76. The third-order valence-corrected chi connectivity index (χ3v) is 6.55. The number of anilines is 2. The molecule has 5 rings (SSSR count). The van der Waals surface area contributed by atoms with Gasteiger partial charge in [0.2, 0.25) is 0 Å². The third kappa shape index (κ3) is 5.70. The molecule has 2 aromatic carbocycles. The third-order valence-electron chi connectivity index (χ3n) is 6.55. The Labute approximate surface area is 221 Å². The molecule has 8 heteroatoms. The second-order valence-electron chi connectivity index (χ2n) is 9.76. The van der Waals surface area contributed by atoms with Crippen LogP contribution >= 0.6 is 0 Å². The van der Waals surface area contributed by atoms with Crippen molar-refractivity contribution in [1.29, 1.82) is 0 Å². The van der Waals surface area contributed by atoms with Crippen LogP contribution in [0.25, 0.3) is 22.0 Å². The van der Waals surface area contributed by atoms with Crippen LogP contribution in [-0.4, -0.2) is 53.7 Å². The van der Waals surface area contributed by atoms with Crippen LogP contribution in [0.4, 0.5) is 11.5 Å². The molecule has 0 spiro atoms. The van der Waals surface area contributed by atoms with E-state index in [1.165, 1.54) is 0 Å². The predicted molar refractivity (Wildman–Crippen MR) is 149 cm³/mol. The lowest BCUT2D eigenvalue weighted by Gasteiger charge is -2.27. The zero-order valence-electron chi connectivity index (χ0n) is 21.7. The van der Waals surface area contributed by atoms with Crippen LogP contribution in [0.3, 0.4) is 0 Å². The van der Waals surface area contributed by atoms with Gasteiger partial charge in [-0.15, -0.1) is 0 Å². The topological polar surface area (TPSA) is 96.5 Å². The van der Waals surface area contributed by atoms with Crippen molar-refractivity contribution < 1.29 is 14.3 Å². The van der Waals surface area contributed by atoms with Crippen molar-refractivity contribution in [2.75, 3.05) is 38.2 Å². The van der Waals surface area contributed by atoms with Gasteiger partial charge in [-0.25, -0.2) is 4.98 Å². The number of aromatic nitrogens is 2. The van der Waals surface area contributed by atoms with Crippen LogP contribution in [0, 0.1) is 5.92 Å². The number of fused-ring (bicyclic) bond motifs is 1. The number of H-pyrrole nitrogens is 1. The molecule has 38 heavy (non-hydrogen) atoms. The van der Waals surface area contributed by atoms with Gasteiger partial charge in [0, 0.05) is 30.4 Å². The predicted octanol–water partition coefficient (Wildman–Crippen LogP) is 5.23. The Hall–Kier alpha value is -4.17. The quantitative estimate of drug-likeness (QED) is 0.336. The van der Waals surface area contributed by atoms with Crippen LogP contribution in [0.2, 0.25) is 0 Å². The summed E-state index contributed by atoms with van der Waals surface area (Å²) in [5.41, 5.74) is 2.52. The van der Waals surface area contributed by atoms with E-state index in [0.717, 1.165) is 23.1 Å². The number of para-hydroxylation sites is 2. The fourth-order valence-corrected chi connectivity index (χ4v) is 4.44. The molecule has 1 aliphatic heterocycles. The Bertz CT molecular complexity index is 1490. The molecule has 0 aliphatic carbocycles. The van der Waals surface area contributed by atoms with Gasteiger partial charge in [-0.05, 0) is 54.1 Å². The van der Waals surface area contributed by atoms with E-state index in [1.807, 2.05) is 60.7 Å². The van der Waals surface area contributed by atoms with Gasteiger partial charge in [-0.3, -0.25) is 9.59 Å². The molecular weight excluding hydrogens is 480 g/mol. The van der Waals surface area contributed by atoms with E-state index in [2.05, 4.69) is 24.1 Å². The molecule has 3 heterocycles. The number of carbonyl (C=O) groups is 1. The lowest BCUT2D eigenvalue weighted by atomic mass is 10.0. The fourth-order valence-electron chi connectivity index (χ4n) is 4.44. The van der Waals surface area contributed by atoms with Crippen LogP contribution in [0.1, 0.15) is 30.6 Å². The molecule has 0 saturated carbocycles. The number of rotatable bonds is 8. The first-order chi connectivity index (χ1) is 18.5. The average molecular weight is 513 g/mol. The maximum Gasteiger partial charge on any atom is 0.259 e. The highest BCUT2D eigenvalue weighted by atomic mass is 16.5. The summed E-state index contributed by atoms with van der Waals surface area (Å²) in [6.07, 6.45) is 2.56. The van der Waals surface area contributed by atoms with Gasteiger partial charge in [0.25, 0.3) is 11.5 Å². The molecule has 0 radical (unpaired) electrons. The van der Waals surface area contributed by atoms with Crippen molar-refractivity contribution in [3.63, 3.8) is 0 Å². The molecule has 8 nitrogen and oxygen atoms in total. The number of hydrogen-bond donors (Lipinski definition) is 2. The molecule has 0 atom stereocenters. The van der Waals surface area contributed by atoms with E-state index in [9.17, 15) is 9.59 Å². The number of morpholine rings is 1. The van der Waals surface area contributed by atoms with Crippen LogP contribution in [0.15, 0.2) is 71.7 Å². The molecule has 196 valence electrons. The minimum atomic E-state index is -0.237. The number of ether oxygens (including phenoxy) is 2. The SMILES string of the molecule is CC(C)CCOc1ccccc1Nc1nc(-c2cccc(C(=O)N3CCOCC3)c2)cc2cc[nH]c(=O)c12. The first-order valence-corrected chi connectivity index (χ1v) is 13.0. The van der Waals surface area contributed by atoms with E-state index in [1.54, 1.807) is 11.1 Å². The lowest BCUT2D eigenvalue weighted by Crippen LogP contribution is -2.40. The van der Waals surface area contributed by atoms with Crippen LogP contribution in [0.5, 0.6) is 5.75 Å². The molecule has 1 saturated heterocycles. The van der Waals surface area contributed by atoms with Crippen molar-refractivity contribution in [3.05, 3.63) is 82.8 Å². The summed E-state index contributed by atoms with van der Waals surface area (Å²) in [6.45, 7) is 7.15. The summed E-state index contributed by atoms with van der Waals surface area (Å²) in [5.74, 6) is 1.61. The summed E-state index contributed by atoms with van der Waals surface area (Å²) in [4.78, 5) is 35.4. The van der Waals surface area contributed by atoms with Crippen molar-refractivity contribution >= 4 is 28.2 Å². The zero-order chi connectivity index (χ0) is 26.5. The summed E-state index contributed by atoms with van der Waals surface area (Å²) < 4.78 is 11.4. The monoisotopic (exact) mass is 512 g/mol. The fraction of sp³-hybridized carbons (Fsp3) is 0.300.